The molecule has 156 valence electrons. The Kier molecular flexibility index (Phi) is 9.02. The summed E-state index contributed by atoms with van der Waals surface area (Å²) in [6, 6.07) is 10.5. The van der Waals surface area contributed by atoms with Crippen molar-refractivity contribution in [3.63, 3.8) is 0 Å². The summed E-state index contributed by atoms with van der Waals surface area (Å²) >= 11 is 1.68. The van der Waals surface area contributed by atoms with Crippen LogP contribution in [0.15, 0.2) is 40.7 Å². The summed E-state index contributed by atoms with van der Waals surface area (Å²) in [5.41, 5.74) is 2.32. The first-order valence-corrected chi connectivity index (χ1v) is 10.3. The molecule has 0 spiro atoms. The van der Waals surface area contributed by atoms with Gasteiger partial charge in [0.05, 0.1) is 16.7 Å². The Balaban J connectivity index is 0.00000300. The molecule has 0 radical (unpaired) electrons. The highest BCUT2D eigenvalue weighted by Crippen LogP contribution is 2.11. The smallest absolute Gasteiger partial charge is 0.192 e. The van der Waals surface area contributed by atoms with Crippen LogP contribution < -0.4 is 10.6 Å². The lowest BCUT2D eigenvalue weighted by molar-refractivity contribution is 0.674. The number of aryl methyl sites for hydroxylation is 2. The van der Waals surface area contributed by atoms with Crippen LogP contribution in [0.1, 0.15) is 40.9 Å². The number of hydrogen-bond donors (Lipinski definition) is 2. The van der Waals surface area contributed by atoms with Crippen molar-refractivity contribution in [3.8, 4) is 0 Å². The molecule has 2 heterocycles. The van der Waals surface area contributed by atoms with Gasteiger partial charge in [0, 0.05) is 25.4 Å². The molecule has 0 aliphatic heterocycles. The number of guanidine groups is 1. The molecule has 0 aliphatic rings. The van der Waals surface area contributed by atoms with E-state index >= 15 is 0 Å². The van der Waals surface area contributed by atoms with Gasteiger partial charge in [-0.25, -0.2) is 9.98 Å². The molecule has 0 bridgehead atoms. The highest BCUT2D eigenvalue weighted by Gasteiger charge is 2.10. The van der Waals surface area contributed by atoms with E-state index in [0.717, 1.165) is 41.3 Å². The van der Waals surface area contributed by atoms with Crippen molar-refractivity contribution >= 4 is 41.3 Å². The van der Waals surface area contributed by atoms with Gasteiger partial charge in [0.15, 0.2) is 11.8 Å². The number of benzene rings is 1. The van der Waals surface area contributed by atoms with E-state index in [1.54, 1.807) is 11.3 Å². The minimum Gasteiger partial charge on any atom is -0.356 e. The van der Waals surface area contributed by atoms with Crippen LogP contribution in [0.5, 0.6) is 0 Å². The van der Waals surface area contributed by atoms with Gasteiger partial charge in [-0.05, 0) is 26.3 Å². The second-order valence-electron chi connectivity index (χ2n) is 6.70. The number of thiazole rings is 1. The van der Waals surface area contributed by atoms with Crippen LogP contribution in [-0.4, -0.2) is 32.3 Å². The fourth-order valence-corrected chi connectivity index (χ4v) is 3.40. The molecule has 29 heavy (non-hydrogen) atoms. The predicted octanol–water partition coefficient (Wildman–Crippen LogP) is 3.55. The Morgan fingerprint density at radius 3 is 2.59 bits per heavy atom. The highest BCUT2D eigenvalue weighted by molar-refractivity contribution is 14.0. The molecule has 0 saturated heterocycles. The van der Waals surface area contributed by atoms with Gasteiger partial charge >= 0.3 is 0 Å². The Hall–Kier alpha value is -2.01. The molecule has 0 amide bonds. The summed E-state index contributed by atoms with van der Waals surface area (Å²) < 4.78 is 1.96. The van der Waals surface area contributed by atoms with Crippen LogP contribution in [0, 0.1) is 13.8 Å². The third kappa shape index (κ3) is 6.77. The lowest BCUT2D eigenvalue weighted by Crippen LogP contribution is -2.39. The average Bonchev–Trinajstić information content (AvgIpc) is 3.26. The van der Waals surface area contributed by atoms with E-state index in [9.17, 15) is 0 Å². The zero-order chi connectivity index (χ0) is 19.9. The second kappa shape index (κ2) is 11.2. The fraction of sp³-hybridized carbons (Fsp3) is 0.400. The summed E-state index contributed by atoms with van der Waals surface area (Å²) in [5.74, 6) is 2.47. The third-order valence-corrected chi connectivity index (χ3v) is 5.38. The van der Waals surface area contributed by atoms with Gasteiger partial charge in [0.1, 0.15) is 12.4 Å². The molecule has 7 nitrogen and oxygen atoms in total. The van der Waals surface area contributed by atoms with Crippen molar-refractivity contribution in [1.82, 2.24) is 30.4 Å². The van der Waals surface area contributed by atoms with E-state index in [-0.39, 0.29) is 30.0 Å². The third-order valence-electron chi connectivity index (χ3n) is 4.55. The summed E-state index contributed by atoms with van der Waals surface area (Å²) in [4.78, 5) is 9.24. The van der Waals surface area contributed by atoms with Crippen LogP contribution >= 0.6 is 35.3 Å². The van der Waals surface area contributed by atoms with Gasteiger partial charge in [0.2, 0.25) is 0 Å². The number of nitrogens with one attached hydrogen (secondary N) is 2. The first-order chi connectivity index (χ1) is 13.5. The Morgan fingerprint density at radius 2 is 1.97 bits per heavy atom. The standard InChI is InChI=1S/C20H27N7S.HI/c1-14(17-8-6-5-7-9-17)23-20(21-11-10-18-13-28-16(3)24-18)22-12-19-26-25-15(2)27(19)4;/h5-9,13-14H,10-12H2,1-4H3,(H2,21,22,23);1H. The second-order valence-corrected chi connectivity index (χ2v) is 7.76. The van der Waals surface area contributed by atoms with Gasteiger partial charge in [-0.3, -0.25) is 0 Å². The number of halogens is 1. The molecule has 9 heteroatoms. The maximum Gasteiger partial charge on any atom is 0.192 e. The maximum absolute atomic E-state index is 4.72. The van der Waals surface area contributed by atoms with Crippen LogP contribution in [0.2, 0.25) is 0 Å². The zero-order valence-corrected chi connectivity index (χ0v) is 20.4. The maximum atomic E-state index is 4.72. The van der Waals surface area contributed by atoms with Crippen molar-refractivity contribution in [3.05, 3.63) is 63.6 Å². The Labute approximate surface area is 193 Å². The Morgan fingerprint density at radius 1 is 1.21 bits per heavy atom. The van der Waals surface area contributed by atoms with Crippen molar-refractivity contribution in [2.75, 3.05) is 6.54 Å². The van der Waals surface area contributed by atoms with Crippen molar-refractivity contribution < 1.29 is 0 Å². The monoisotopic (exact) mass is 525 g/mol. The fourth-order valence-electron chi connectivity index (χ4n) is 2.75. The molecule has 3 rings (SSSR count). The predicted molar refractivity (Wildman–Crippen MR) is 129 cm³/mol. The molecule has 2 aromatic heterocycles. The number of nitrogens with zero attached hydrogens (tertiary/aromatic N) is 5. The van der Waals surface area contributed by atoms with E-state index in [1.807, 2.05) is 43.7 Å². The minimum absolute atomic E-state index is 0. The van der Waals surface area contributed by atoms with E-state index in [2.05, 4.69) is 50.3 Å². The molecule has 2 N–H and O–H groups in total. The number of aliphatic imine (C=N–C) groups is 1. The molecular formula is C20H28IN7S. The van der Waals surface area contributed by atoms with Crippen molar-refractivity contribution in [2.24, 2.45) is 12.0 Å². The molecule has 1 unspecified atom stereocenters. The first-order valence-electron chi connectivity index (χ1n) is 9.38. The minimum atomic E-state index is 0. The molecule has 0 saturated carbocycles. The molecule has 3 aromatic rings. The van der Waals surface area contributed by atoms with Gasteiger partial charge in [-0.15, -0.1) is 45.5 Å². The lowest BCUT2D eigenvalue weighted by Gasteiger charge is -2.18. The zero-order valence-electron chi connectivity index (χ0n) is 17.2. The van der Waals surface area contributed by atoms with E-state index < -0.39 is 0 Å². The van der Waals surface area contributed by atoms with Crippen molar-refractivity contribution in [1.29, 1.82) is 0 Å². The normalized spacial score (nSPS) is 12.3. The summed E-state index contributed by atoms with van der Waals surface area (Å²) in [5, 5.41) is 18.4. The van der Waals surface area contributed by atoms with Crippen LogP contribution in [0.4, 0.5) is 0 Å². The highest BCUT2D eigenvalue weighted by atomic mass is 127. The summed E-state index contributed by atoms with van der Waals surface area (Å²) in [7, 11) is 1.96. The van der Waals surface area contributed by atoms with Crippen LogP contribution in [0.3, 0.4) is 0 Å². The van der Waals surface area contributed by atoms with Crippen LogP contribution in [0.25, 0.3) is 0 Å². The molecular weight excluding hydrogens is 497 g/mol. The van der Waals surface area contributed by atoms with E-state index in [4.69, 9.17) is 4.99 Å². The van der Waals surface area contributed by atoms with E-state index in [1.165, 1.54) is 5.56 Å². The van der Waals surface area contributed by atoms with Gasteiger partial charge < -0.3 is 15.2 Å². The van der Waals surface area contributed by atoms with E-state index in [0.29, 0.717) is 6.54 Å². The van der Waals surface area contributed by atoms with Gasteiger partial charge in [-0.2, -0.15) is 0 Å². The number of aromatic nitrogens is 4. The summed E-state index contributed by atoms with van der Waals surface area (Å²) in [6.45, 7) is 7.31. The molecule has 0 aliphatic carbocycles. The Bertz CT molecular complexity index is 920. The summed E-state index contributed by atoms with van der Waals surface area (Å²) in [6.07, 6.45) is 0.855. The lowest BCUT2D eigenvalue weighted by atomic mass is 10.1. The first kappa shape index (κ1) is 23.3. The van der Waals surface area contributed by atoms with Gasteiger partial charge in [-0.1, -0.05) is 30.3 Å². The molecule has 1 atom stereocenters. The van der Waals surface area contributed by atoms with Crippen LogP contribution in [-0.2, 0) is 20.0 Å². The van der Waals surface area contributed by atoms with Gasteiger partial charge in [0.25, 0.3) is 0 Å². The number of rotatable bonds is 7. The van der Waals surface area contributed by atoms with Crippen molar-refractivity contribution in [2.45, 2.75) is 39.8 Å². The molecule has 0 fully saturated rings. The largest absolute Gasteiger partial charge is 0.356 e. The SMILES string of the molecule is Cc1nc(CCNC(=NCc2nnc(C)n2C)NC(C)c2ccccc2)cs1.I. The topological polar surface area (TPSA) is 80.0 Å². The molecule has 1 aromatic carbocycles. The quantitative estimate of drug-likeness (QED) is 0.280. The number of hydrogen-bond acceptors (Lipinski definition) is 5. The average molecular weight is 525 g/mol.